The van der Waals surface area contributed by atoms with Crippen LogP contribution in [0.3, 0.4) is 0 Å². The van der Waals surface area contributed by atoms with E-state index in [2.05, 4.69) is 62.6 Å². The Morgan fingerprint density at radius 3 is 2.49 bits per heavy atom. The summed E-state index contributed by atoms with van der Waals surface area (Å²) in [5.74, 6) is -0.145. The average Bonchev–Trinajstić information content (AvgIpc) is 3.59. The molecule has 6 rings (SSSR count). The van der Waals surface area contributed by atoms with Crippen molar-refractivity contribution < 1.29 is 9.18 Å². The maximum Gasteiger partial charge on any atom is 0.256 e. The van der Waals surface area contributed by atoms with Crippen LogP contribution in [-0.2, 0) is 19.5 Å². The number of fused-ring (bicyclic) bond motifs is 1. The van der Waals surface area contributed by atoms with Crippen molar-refractivity contribution in [1.29, 1.82) is 0 Å². The van der Waals surface area contributed by atoms with Crippen LogP contribution in [-0.4, -0.2) is 63.1 Å². The highest BCUT2D eigenvalue weighted by Crippen LogP contribution is 2.33. The molecule has 0 radical (unpaired) electrons. The van der Waals surface area contributed by atoms with E-state index in [1.54, 1.807) is 0 Å². The second-order valence-electron chi connectivity index (χ2n) is 10.3. The third kappa shape index (κ3) is 5.36. The molecule has 0 spiro atoms. The summed E-state index contributed by atoms with van der Waals surface area (Å²) in [6.07, 6.45) is 8.59. The zero-order valence-corrected chi connectivity index (χ0v) is 22.1. The number of carbonyl (C=O) groups is 1. The van der Waals surface area contributed by atoms with Crippen LogP contribution in [0.5, 0.6) is 0 Å². The summed E-state index contributed by atoms with van der Waals surface area (Å²) < 4.78 is 17.5. The Labute approximate surface area is 227 Å². The monoisotopic (exact) mass is 521 g/mol. The Bertz CT molecular complexity index is 1590. The molecule has 1 fully saturated rings. The van der Waals surface area contributed by atoms with Crippen molar-refractivity contribution in [3.63, 3.8) is 0 Å². The van der Waals surface area contributed by atoms with Crippen LogP contribution >= 0.6 is 0 Å². The topological polar surface area (TPSA) is 46.3 Å². The minimum absolute atomic E-state index is 0.0783. The molecule has 198 valence electrons. The van der Waals surface area contributed by atoms with Gasteiger partial charge in [0.25, 0.3) is 5.91 Å². The minimum atomic E-state index is -0.224. The Morgan fingerprint density at radius 2 is 1.67 bits per heavy atom. The highest BCUT2D eigenvalue weighted by Gasteiger charge is 2.25. The largest absolute Gasteiger partial charge is 0.347 e. The average molecular weight is 522 g/mol. The lowest BCUT2D eigenvalue weighted by Gasteiger charge is -2.32. The van der Waals surface area contributed by atoms with Gasteiger partial charge in [-0.2, -0.15) is 0 Å². The SMILES string of the molecule is CN1CCN(C(=O)c2cn(Cc3cncn3CCc3ccc(F)cc3)cc2-c2cccc3ccccc23)CC1. The van der Waals surface area contributed by atoms with Crippen LogP contribution in [0.2, 0.25) is 0 Å². The van der Waals surface area contributed by atoms with Crippen molar-refractivity contribution >= 4 is 16.7 Å². The van der Waals surface area contributed by atoms with Crippen molar-refractivity contribution in [2.45, 2.75) is 19.5 Å². The third-order valence-corrected chi connectivity index (χ3v) is 7.68. The number of piperazine rings is 1. The number of benzene rings is 3. The molecule has 1 saturated heterocycles. The maximum atomic E-state index is 13.9. The second kappa shape index (κ2) is 10.9. The highest BCUT2D eigenvalue weighted by atomic mass is 19.1. The fraction of sp³-hybridized carbons (Fsp3) is 0.250. The van der Waals surface area contributed by atoms with Gasteiger partial charge in [0.1, 0.15) is 5.82 Å². The molecule has 1 aliphatic heterocycles. The van der Waals surface area contributed by atoms with Gasteiger partial charge in [-0.15, -0.1) is 0 Å². The van der Waals surface area contributed by atoms with E-state index >= 15 is 0 Å². The normalized spacial score (nSPS) is 14.3. The number of likely N-dealkylation sites (N-methyl/N-ethyl adjacent to an activating group) is 1. The van der Waals surface area contributed by atoms with Crippen LogP contribution in [0.25, 0.3) is 21.9 Å². The quantitative estimate of drug-likeness (QED) is 0.291. The molecule has 1 aliphatic rings. The minimum Gasteiger partial charge on any atom is -0.347 e. The highest BCUT2D eigenvalue weighted by molar-refractivity contribution is 6.06. The van der Waals surface area contributed by atoms with E-state index in [-0.39, 0.29) is 11.7 Å². The van der Waals surface area contributed by atoms with Gasteiger partial charge in [-0.3, -0.25) is 4.79 Å². The number of hydrogen-bond acceptors (Lipinski definition) is 3. The van der Waals surface area contributed by atoms with Gasteiger partial charge < -0.3 is 18.9 Å². The Morgan fingerprint density at radius 1 is 0.897 bits per heavy atom. The third-order valence-electron chi connectivity index (χ3n) is 7.68. The molecule has 5 aromatic rings. The molecule has 0 bridgehead atoms. The van der Waals surface area contributed by atoms with E-state index < -0.39 is 0 Å². The van der Waals surface area contributed by atoms with Gasteiger partial charge in [0, 0.05) is 56.9 Å². The van der Waals surface area contributed by atoms with Gasteiger partial charge in [0.15, 0.2) is 0 Å². The number of aromatic nitrogens is 3. The van der Waals surface area contributed by atoms with E-state index in [9.17, 15) is 9.18 Å². The van der Waals surface area contributed by atoms with Gasteiger partial charge in [0.05, 0.1) is 24.1 Å². The Kier molecular flexibility index (Phi) is 6.99. The summed E-state index contributed by atoms with van der Waals surface area (Å²) in [4.78, 5) is 22.5. The maximum absolute atomic E-state index is 13.9. The van der Waals surface area contributed by atoms with E-state index in [0.717, 1.165) is 77.9 Å². The standard InChI is InChI=1S/C32H32FN5O/c1-35-15-17-37(18-16-35)32(39)31-22-36(21-30(31)29-8-4-6-25-5-2-3-7-28(25)29)20-27-19-34-23-38(27)14-13-24-9-11-26(33)12-10-24/h2-12,19,21-23H,13-18,20H2,1H3. The zero-order chi connectivity index (χ0) is 26.8. The molecular formula is C32H32FN5O. The molecule has 3 heterocycles. The Hall–Kier alpha value is -4.23. The van der Waals surface area contributed by atoms with Crippen LogP contribution in [0.15, 0.2) is 91.6 Å². The van der Waals surface area contributed by atoms with Crippen LogP contribution in [0.4, 0.5) is 4.39 Å². The number of rotatable bonds is 7. The summed E-state index contributed by atoms with van der Waals surface area (Å²) in [5.41, 5.74) is 4.88. The van der Waals surface area contributed by atoms with Crippen LogP contribution in [0.1, 0.15) is 21.6 Å². The zero-order valence-electron chi connectivity index (χ0n) is 22.1. The predicted octanol–water partition coefficient (Wildman–Crippen LogP) is 5.32. The van der Waals surface area contributed by atoms with Gasteiger partial charge in [-0.1, -0.05) is 54.6 Å². The molecule has 7 heteroatoms. The Balaban J connectivity index is 1.32. The van der Waals surface area contributed by atoms with Crippen molar-refractivity contribution in [1.82, 2.24) is 23.9 Å². The lowest BCUT2D eigenvalue weighted by Crippen LogP contribution is -2.47. The summed E-state index contributed by atoms with van der Waals surface area (Å²) in [7, 11) is 2.10. The summed E-state index contributed by atoms with van der Waals surface area (Å²) in [5, 5.41) is 2.29. The number of nitrogens with zero attached hydrogens (tertiary/aromatic N) is 5. The number of amides is 1. The molecule has 0 atom stereocenters. The smallest absolute Gasteiger partial charge is 0.256 e. The van der Waals surface area contributed by atoms with Gasteiger partial charge >= 0.3 is 0 Å². The summed E-state index contributed by atoms with van der Waals surface area (Å²) in [6, 6.07) is 21.2. The fourth-order valence-corrected chi connectivity index (χ4v) is 5.39. The predicted molar refractivity (Wildman–Crippen MR) is 152 cm³/mol. The first-order valence-corrected chi connectivity index (χ1v) is 13.4. The van der Waals surface area contributed by atoms with Crippen LogP contribution < -0.4 is 0 Å². The molecule has 3 aromatic carbocycles. The number of halogens is 1. The van der Waals surface area contributed by atoms with Crippen molar-refractivity contribution in [3.05, 3.63) is 114 Å². The summed E-state index contributed by atoms with van der Waals surface area (Å²) in [6.45, 7) is 4.55. The van der Waals surface area contributed by atoms with Crippen LogP contribution in [0, 0.1) is 5.82 Å². The molecule has 6 nitrogen and oxygen atoms in total. The number of carbonyl (C=O) groups excluding carboxylic acids is 1. The first-order valence-electron chi connectivity index (χ1n) is 13.4. The van der Waals surface area contributed by atoms with Gasteiger partial charge in [-0.05, 0) is 47.5 Å². The number of imidazole rings is 1. The first kappa shape index (κ1) is 25.1. The molecular weight excluding hydrogens is 489 g/mol. The molecule has 0 saturated carbocycles. The van der Waals surface area contributed by atoms with E-state index in [1.807, 2.05) is 47.9 Å². The van der Waals surface area contributed by atoms with E-state index in [1.165, 1.54) is 12.1 Å². The lowest BCUT2D eigenvalue weighted by atomic mass is 9.97. The molecule has 0 N–H and O–H groups in total. The van der Waals surface area contributed by atoms with Crippen molar-refractivity contribution in [3.8, 4) is 11.1 Å². The second-order valence-corrected chi connectivity index (χ2v) is 10.3. The van der Waals surface area contributed by atoms with Crippen molar-refractivity contribution in [2.75, 3.05) is 33.2 Å². The van der Waals surface area contributed by atoms with Gasteiger partial charge in [0.2, 0.25) is 0 Å². The molecule has 0 unspecified atom stereocenters. The molecule has 0 aliphatic carbocycles. The lowest BCUT2D eigenvalue weighted by molar-refractivity contribution is 0.0665. The van der Waals surface area contributed by atoms with E-state index in [4.69, 9.17) is 0 Å². The van der Waals surface area contributed by atoms with E-state index in [0.29, 0.717) is 6.54 Å². The van der Waals surface area contributed by atoms with Gasteiger partial charge in [-0.25, -0.2) is 9.37 Å². The molecule has 1 amide bonds. The fourth-order valence-electron chi connectivity index (χ4n) is 5.39. The molecule has 39 heavy (non-hydrogen) atoms. The number of hydrogen-bond donors (Lipinski definition) is 0. The number of aryl methyl sites for hydroxylation is 2. The first-order chi connectivity index (χ1) is 19.0. The summed E-state index contributed by atoms with van der Waals surface area (Å²) >= 11 is 0. The van der Waals surface area contributed by atoms with Crippen molar-refractivity contribution in [2.24, 2.45) is 0 Å². The molecule has 2 aromatic heterocycles.